The zero-order valence-corrected chi connectivity index (χ0v) is 22.4. The first kappa shape index (κ1) is 26.0. The van der Waals surface area contributed by atoms with E-state index in [1.54, 1.807) is 11.8 Å². The van der Waals surface area contributed by atoms with Gasteiger partial charge in [-0.05, 0) is 56.6 Å². The number of benzene rings is 2. The Kier molecular flexibility index (Phi) is 8.51. The maximum Gasteiger partial charge on any atom is 0.161 e. The molecule has 0 fully saturated rings. The minimum Gasteiger partial charge on any atom is -0.493 e. The van der Waals surface area contributed by atoms with E-state index in [4.69, 9.17) is 32.7 Å². The van der Waals surface area contributed by atoms with Gasteiger partial charge in [0.15, 0.2) is 22.8 Å². The first-order chi connectivity index (χ1) is 17.4. The highest BCUT2D eigenvalue weighted by Crippen LogP contribution is 2.38. The van der Waals surface area contributed by atoms with Crippen LogP contribution in [0.5, 0.6) is 11.5 Å². The van der Waals surface area contributed by atoms with Crippen LogP contribution in [0.1, 0.15) is 18.3 Å². The molecule has 0 bridgehead atoms. The molecule has 0 amide bonds. The molecule has 2 aromatic heterocycles. The van der Waals surface area contributed by atoms with Gasteiger partial charge in [-0.1, -0.05) is 35.3 Å². The molecule has 2 aromatic carbocycles. The fraction of sp³-hybridized carbons (Fsp3) is 0.346. The molecule has 0 radical (unpaired) electrons. The van der Waals surface area contributed by atoms with Crippen LogP contribution in [0.15, 0.2) is 36.4 Å². The summed E-state index contributed by atoms with van der Waals surface area (Å²) in [7, 11) is 3.51. The molecular weight excluding hydrogens is 499 g/mol. The first-order valence-corrected chi connectivity index (χ1v) is 12.6. The van der Waals surface area contributed by atoms with Crippen LogP contribution in [-0.4, -0.2) is 53.1 Å². The first-order valence-electron chi connectivity index (χ1n) is 11.8. The van der Waals surface area contributed by atoms with Gasteiger partial charge in [0.25, 0.3) is 0 Å². The van der Waals surface area contributed by atoms with Crippen LogP contribution in [0, 0.1) is 6.92 Å². The Labute approximate surface area is 220 Å². The molecule has 0 saturated carbocycles. The highest BCUT2D eigenvalue weighted by molar-refractivity contribution is 6.39. The molecule has 8 nitrogen and oxygen atoms in total. The molecule has 2 heterocycles. The normalized spacial score (nSPS) is 11.2. The third-order valence-electron chi connectivity index (χ3n) is 5.71. The van der Waals surface area contributed by atoms with Crippen molar-refractivity contribution < 1.29 is 9.47 Å². The lowest BCUT2D eigenvalue weighted by Gasteiger charge is -2.12. The van der Waals surface area contributed by atoms with Gasteiger partial charge in [-0.25, -0.2) is 9.97 Å². The second-order valence-electron chi connectivity index (χ2n) is 8.23. The van der Waals surface area contributed by atoms with Crippen LogP contribution in [0.25, 0.3) is 22.3 Å². The summed E-state index contributed by atoms with van der Waals surface area (Å²) >= 11 is 13.0. The van der Waals surface area contributed by atoms with E-state index in [2.05, 4.69) is 31.8 Å². The van der Waals surface area contributed by atoms with E-state index < -0.39 is 0 Å². The number of halogens is 2. The lowest BCUT2D eigenvalue weighted by molar-refractivity contribution is 0.310. The third kappa shape index (κ3) is 5.67. The van der Waals surface area contributed by atoms with Crippen molar-refractivity contribution in [1.82, 2.24) is 25.1 Å². The van der Waals surface area contributed by atoms with Crippen molar-refractivity contribution >= 4 is 40.1 Å². The minimum absolute atomic E-state index is 0.549. The molecule has 0 unspecified atom stereocenters. The molecule has 0 aliphatic rings. The highest BCUT2D eigenvalue weighted by atomic mass is 35.5. The van der Waals surface area contributed by atoms with E-state index in [1.807, 2.05) is 51.2 Å². The monoisotopic (exact) mass is 528 g/mol. The molecule has 36 heavy (non-hydrogen) atoms. The Hall–Kier alpha value is -3.07. The van der Waals surface area contributed by atoms with Crippen molar-refractivity contribution in [2.24, 2.45) is 7.05 Å². The second kappa shape index (κ2) is 11.8. The summed E-state index contributed by atoms with van der Waals surface area (Å²) in [6, 6.07) is 11.5. The van der Waals surface area contributed by atoms with E-state index in [1.165, 1.54) is 5.56 Å². The summed E-state index contributed by atoms with van der Waals surface area (Å²) < 4.78 is 12.8. The topological polar surface area (TPSA) is 86.1 Å². The molecule has 0 saturated heterocycles. The number of hydrogen-bond acceptors (Lipinski definition) is 7. The van der Waals surface area contributed by atoms with Gasteiger partial charge in [0.1, 0.15) is 11.3 Å². The van der Waals surface area contributed by atoms with Gasteiger partial charge >= 0.3 is 0 Å². The quantitative estimate of drug-likeness (QED) is 0.255. The number of nitrogens with one attached hydrogen (secondary N) is 2. The summed E-state index contributed by atoms with van der Waals surface area (Å²) in [5.41, 5.74) is 4.04. The van der Waals surface area contributed by atoms with Crippen molar-refractivity contribution in [3.63, 3.8) is 0 Å². The van der Waals surface area contributed by atoms with Gasteiger partial charge < -0.3 is 20.1 Å². The Balaban J connectivity index is 1.40. The molecule has 190 valence electrons. The average molecular weight is 529 g/mol. The number of fused-ring (bicyclic) bond motifs is 1. The summed E-state index contributed by atoms with van der Waals surface area (Å²) in [6.07, 6.45) is 0.877. The van der Waals surface area contributed by atoms with Crippen LogP contribution >= 0.6 is 23.2 Å². The zero-order chi connectivity index (χ0) is 25.7. The van der Waals surface area contributed by atoms with Gasteiger partial charge in [-0.3, -0.25) is 4.68 Å². The highest BCUT2D eigenvalue weighted by Gasteiger charge is 2.21. The molecule has 0 aliphatic carbocycles. The van der Waals surface area contributed by atoms with E-state index >= 15 is 0 Å². The van der Waals surface area contributed by atoms with Crippen LogP contribution < -0.4 is 20.1 Å². The Morgan fingerprint density at radius 2 is 1.75 bits per heavy atom. The van der Waals surface area contributed by atoms with Crippen molar-refractivity contribution in [2.45, 2.75) is 20.3 Å². The van der Waals surface area contributed by atoms with Crippen LogP contribution in [0.4, 0.5) is 5.82 Å². The number of aromatic nitrogens is 4. The average Bonchev–Trinajstić information content (AvgIpc) is 3.17. The molecular formula is C26H30Cl2N6O2. The predicted octanol–water partition coefficient (Wildman–Crippen LogP) is 5.30. The molecule has 4 rings (SSSR count). The van der Waals surface area contributed by atoms with E-state index in [0.29, 0.717) is 51.4 Å². The Morgan fingerprint density at radius 1 is 0.972 bits per heavy atom. The maximum absolute atomic E-state index is 6.48. The number of aryl methyl sites for hydroxylation is 2. The number of nitrogens with zero attached hydrogens (tertiary/aromatic N) is 4. The predicted molar refractivity (Wildman–Crippen MR) is 146 cm³/mol. The van der Waals surface area contributed by atoms with Gasteiger partial charge in [0, 0.05) is 25.7 Å². The van der Waals surface area contributed by atoms with Gasteiger partial charge in [0.05, 0.1) is 29.5 Å². The largest absolute Gasteiger partial charge is 0.493 e. The Bertz CT molecular complexity index is 1340. The van der Waals surface area contributed by atoms with Gasteiger partial charge in [-0.15, -0.1) is 0 Å². The van der Waals surface area contributed by atoms with E-state index in [-0.39, 0.29) is 0 Å². The molecule has 2 N–H and O–H groups in total. The van der Waals surface area contributed by atoms with Crippen molar-refractivity contribution in [1.29, 1.82) is 0 Å². The number of rotatable bonds is 11. The third-order valence-corrected chi connectivity index (χ3v) is 6.34. The van der Waals surface area contributed by atoms with E-state index in [0.717, 1.165) is 36.7 Å². The number of methoxy groups -OCH3 is 1. The summed E-state index contributed by atoms with van der Waals surface area (Å²) in [4.78, 5) is 9.24. The zero-order valence-electron chi connectivity index (χ0n) is 20.9. The molecule has 0 spiro atoms. The van der Waals surface area contributed by atoms with Crippen molar-refractivity contribution in [2.75, 3.05) is 38.7 Å². The lowest BCUT2D eigenvalue weighted by atomic mass is 10.1. The van der Waals surface area contributed by atoms with Crippen LogP contribution in [0.2, 0.25) is 10.0 Å². The molecule has 10 heteroatoms. The SMILES string of the molecule is CCOc1ccc(CCNCCNc2nc(C)nc3c(-c4c(Cl)cccc4Cl)n(C)nc23)cc1OC. The van der Waals surface area contributed by atoms with Gasteiger partial charge in [-0.2, -0.15) is 5.10 Å². The lowest BCUT2D eigenvalue weighted by Crippen LogP contribution is -2.24. The smallest absolute Gasteiger partial charge is 0.161 e. The fourth-order valence-corrected chi connectivity index (χ4v) is 4.65. The molecule has 0 aliphatic heterocycles. The number of hydrogen-bond donors (Lipinski definition) is 2. The molecule has 4 aromatic rings. The second-order valence-corrected chi connectivity index (χ2v) is 9.04. The van der Waals surface area contributed by atoms with Crippen LogP contribution in [0.3, 0.4) is 0 Å². The maximum atomic E-state index is 6.48. The molecule has 0 atom stereocenters. The minimum atomic E-state index is 0.549. The Morgan fingerprint density at radius 3 is 2.47 bits per heavy atom. The summed E-state index contributed by atoms with van der Waals surface area (Å²) in [6.45, 7) is 6.69. The number of anilines is 1. The number of ether oxygens (including phenoxy) is 2. The van der Waals surface area contributed by atoms with Crippen LogP contribution in [-0.2, 0) is 13.5 Å². The van der Waals surface area contributed by atoms with Gasteiger partial charge in [0.2, 0.25) is 0 Å². The van der Waals surface area contributed by atoms with Crippen molar-refractivity contribution in [3.05, 3.63) is 57.8 Å². The summed E-state index contributed by atoms with van der Waals surface area (Å²) in [5, 5.41) is 12.6. The van der Waals surface area contributed by atoms with E-state index in [9.17, 15) is 0 Å². The standard InChI is InChI=1S/C26H30Cl2N6O2/c1-5-36-20-10-9-17(15-21(20)35-4)11-12-29-13-14-30-26-24-23(31-16(2)32-26)25(34(3)33-24)22-18(27)7-6-8-19(22)28/h6-10,15,29H,5,11-14H2,1-4H3,(H,30,31,32). The summed E-state index contributed by atoms with van der Waals surface area (Å²) in [5.74, 6) is 2.84. The van der Waals surface area contributed by atoms with Crippen molar-refractivity contribution in [3.8, 4) is 22.8 Å². The fourth-order valence-electron chi connectivity index (χ4n) is 4.08.